The van der Waals surface area contributed by atoms with Crippen LogP contribution in [0.4, 0.5) is 11.6 Å². The largest absolute Gasteiger partial charge is 0.478 e. The highest BCUT2D eigenvalue weighted by Gasteiger charge is 2.15. The summed E-state index contributed by atoms with van der Waals surface area (Å²) >= 11 is 0. The average molecular weight is 286 g/mol. The molecular weight excluding hydrogens is 264 g/mol. The van der Waals surface area contributed by atoms with Crippen molar-refractivity contribution in [1.82, 2.24) is 9.97 Å². The molecule has 0 fully saturated rings. The molecule has 0 saturated carbocycles. The van der Waals surface area contributed by atoms with Crippen LogP contribution < -0.4 is 15.4 Å². The number of hydrogen-bond acceptors (Lipinski definition) is 5. The number of anilines is 2. The van der Waals surface area contributed by atoms with E-state index in [2.05, 4.69) is 29.9 Å². The number of hydrogen-bond donors (Lipinski definition) is 1. The van der Waals surface area contributed by atoms with Crippen LogP contribution in [0.1, 0.15) is 31.9 Å². The summed E-state index contributed by atoms with van der Waals surface area (Å²) in [6.45, 7) is 4.82. The molecule has 0 amide bonds. The van der Waals surface area contributed by atoms with E-state index in [0.29, 0.717) is 18.4 Å². The van der Waals surface area contributed by atoms with Gasteiger partial charge in [-0.25, -0.2) is 4.98 Å². The monoisotopic (exact) mass is 286 g/mol. The maximum Gasteiger partial charge on any atom is 0.228 e. The van der Waals surface area contributed by atoms with Gasteiger partial charge in [0.25, 0.3) is 0 Å². The summed E-state index contributed by atoms with van der Waals surface area (Å²) in [6, 6.07) is 9.75. The topological polar surface area (TPSA) is 64.3 Å². The number of rotatable bonds is 6. The number of ether oxygens (including phenoxy) is 1. The Morgan fingerprint density at radius 1 is 1.33 bits per heavy atom. The molecule has 2 aromatic rings. The predicted molar refractivity (Wildman–Crippen MR) is 85.5 cm³/mol. The molecule has 0 bridgehead atoms. The van der Waals surface area contributed by atoms with E-state index >= 15 is 0 Å². The first-order chi connectivity index (χ1) is 10.1. The second-order valence-corrected chi connectivity index (χ2v) is 5.00. The van der Waals surface area contributed by atoms with E-state index in [1.165, 1.54) is 0 Å². The first kappa shape index (κ1) is 15.1. The fraction of sp³-hybridized carbons (Fsp3) is 0.375. The van der Waals surface area contributed by atoms with Crippen molar-refractivity contribution in [2.45, 2.75) is 26.3 Å². The average Bonchev–Trinajstić information content (AvgIpc) is 2.51. The van der Waals surface area contributed by atoms with E-state index in [1.54, 1.807) is 12.3 Å². The molecule has 1 aromatic heterocycles. The standard InChI is InChI=1S/C16H22N4O/c1-4-10-21-15-8-9-18-16(19-15)20(3)12(2)13-6-5-7-14(17)11-13/h5-9,11-12H,4,10,17H2,1-3H3. The molecule has 2 N–H and O–H groups in total. The van der Waals surface area contributed by atoms with E-state index < -0.39 is 0 Å². The van der Waals surface area contributed by atoms with Crippen molar-refractivity contribution in [2.75, 3.05) is 24.3 Å². The van der Waals surface area contributed by atoms with E-state index in [0.717, 1.165) is 17.7 Å². The lowest BCUT2D eigenvalue weighted by atomic mass is 10.1. The minimum absolute atomic E-state index is 0.120. The third kappa shape index (κ3) is 3.84. The van der Waals surface area contributed by atoms with Crippen LogP contribution in [0.15, 0.2) is 36.5 Å². The van der Waals surface area contributed by atoms with E-state index in [4.69, 9.17) is 10.5 Å². The van der Waals surface area contributed by atoms with Gasteiger partial charge in [0.2, 0.25) is 11.8 Å². The van der Waals surface area contributed by atoms with Crippen LogP contribution in [0.2, 0.25) is 0 Å². The van der Waals surface area contributed by atoms with Crippen LogP contribution >= 0.6 is 0 Å². The van der Waals surface area contributed by atoms with Crippen molar-refractivity contribution in [2.24, 2.45) is 0 Å². The molecule has 112 valence electrons. The second kappa shape index (κ2) is 6.92. The third-order valence-corrected chi connectivity index (χ3v) is 3.36. The lowest BCUT2D eigenvalue weighted by Gasteiger charge is -2.25. The van der Waals surface area contributed by atoms with Crippen molar-refractivity contribution in [1.29, 1.82) is 0 Å². The molecule has 0 spiro atoms. The zero-order chi connectivity index (χ0) is 15.2. The molecule has 0 radical (unpaired) electrons. The highest BCUT2D eigenvalue weighted by atomic mass is 16.5. The van der Waals surface area contributed by atoms with Gasteiger partial charge in [-0.1, -0.05) is 19.1 Å². The Hall–Kier alpha value is -2.30. The first-order valence-corrected chi connectivity index (χ1v) is 7.16. The zero-order valence-corrected chi connectivity index (χ0v) is 12.8. The molecule has 1 heterocycles. The number of nitrogens with two attached hydrogens (primary N) is 1. The zero-order valence-electron chi connectivity index (χ0n) is 12.8. The van der Waals surface area contributed by atoms with Gasteiger partial charge in [0.1, 0.15) is 0 Å². The van der Waals surface area contributed by atoms with Gasteiger partial charge in [-0.3, -0.25) is 0 Å². The van der Waals surface area contributed by atoms with Crippen LogP contribution in [0.5, 0.6) is 5.88 Å². The summed E-state index contributed by atoms with van der Waals surface area (Å²) < 4.78 is 5.55. The molecular formula is C16H22N4O. The number of nitrogens with zero attached hydrogens (tertiary/aromatic N) is 3. The number of nitrogen functional groups attached to an aromatic ring is 1. The minimum atomic E-state index is 0.120. The summed E-state index contributed by atoms with van der Waals surface area (Å²) in [7, 11) is 1.97. The molecule has 0 aliphatic rings. The summed E-state index contributed by atoms with van der Waals surface area (Å²) in [5.41, 5.74) is 7.73. The quantitative estimate of drug-likeness (QED) is 0.827. The maximum atomic E-state index is 5.84. The molecule has 0 aliphatic carbocycles. The van der Waals surface area contributed by atoms with Gasteiger partial charge in [0.15, 0.2) is 0 Å². The van der Waals surface area contributed by atoms with Crippen molar-refractivity contribution in [3.8, 4) is 5.88 Å². The normalized spacial score (nSPS) is 12.0. The van der Waals surface area contributed by atoms with Gasteiger partial charge < -0.3 is 15.4 Å². The maximum absolute atomic E-state index is 5.84. The van der Waals surface area contributed by atoms with Crippen LogP contribution in [-0.4, -0.2) is 23.6 Å². The molecule has 1 atom stereocenters. The molecule has 2 rings (SSSR count). The summed E-state index contributed by atoms with van der Waals surface area (Å²) in [5.74, 6) is 1.24. The van der Waals surface area contributed by atoms with E-state index in [1.807, 2.05) is 30.1 Å². The Kier molecular flexibility index (Phi) is 4.98. The van der Waals surface area contributed by atoms with Crippen molar-refractivity contribution >= 4 is 11.6 Å². The van der Waals surface area contributed by atoms with E-state index in [9.17, 15) is 0 Å². The van der Waals surface area contributed by atoms with Crippen molar-refractivity contribution < 1.29 is 4.74 Å². The molecule has 5 heteroatoms. The Balaban J connectivity index is 2.17. The van der Waals surface area contributed by atoms with Crippen LogP contribution in [0, 0.1) is 0 Å². The fourth-order valence-electron chi connectivity index (χ4n) is 2.01. The number of aromatic nitrogens is 2. The second-order valence-electron chi connectivity index (χ2n) is 5.00. The SMILES string of the molecule is CCCOc1ccnc(N(C)C(C)c2cccc(N)c2)n1. The minimum Gasteiger partial charge on any atom is -0.478 e. The lowest BCUT2D eigenvalue weighted by molar-refractivity contribution is 0.304. The van der Waals surface area contributed by atoms with Gasteiger partial charge in [0, 0.05) is 25.0 Å². The number of benzene rings is 1. The molecule has 5 nitrogen and oxygen atoms in total. The smallest absolute Gasteiger partial charge is 0.228 e. The fourth-order valence-corrected chi connectivity index (χ4v) is 2.01. The molecule has 1 aromatic carbocycles. The lowest BCUT2D eigenvalue weighted by Crippen LogP contribution is -2.24. The summed E-state index contributed by atoms with van der Waals surface area (Å²) in [6.07, 6.45) is 2.67. The van der Waals surface area contributed by atoms with Gasteiger partial charge >= 0.3 is 0 Å². The Labute approximate surface area is 125 Å². The van der Waals surface area contributed by atoms with Gasteiger partial charge in [-0.05, 0) is 31.0 Å². The van der Waals surface area contributed by atoms with Gasteiger partial charge in [-0.2, -0.15) is 4.98 Å². The highest BCUT2D eigenvalue weighted by Crippen LogP contribution is 2.24. The summed E-state index contributed by atoms with van der Waals surface area (Å²) in [5, 5.41) is 0. The molecule has 21 heavy (non-hydrogen) atoms. The first-order valence-electron chi connectivity index (χ1n) is 7.16. The van der Waals surface area contributed by atoms with Crippen LogP contribution in [-0.2, 0) is 0 Å². The van der Waals surface area contributed by atoms with E-state index in [-0.39, 0.29) is 6.04 Å². The molecule has 1 unspecified atom stereocenters. The Morgan fingerprint density at radius 3 is 2.86 bits per heavy atom. The van der Waals surface area contributed by atoms with Crippen LogP contribution in [0.3, 0.4) is 0 Å². The van der Waals surface area contributed by atoms with Gasteiger partial charge in [-0.15, -0.1) is 0 Å². The third-order valence-electron chi connectivity index (χ3n) is 3.36. The van der Waals surface area contributed by atoms with Gasteiger partial charge in [0.05, 0.1) is 12.6 Å². The van der Waals surface area contributed by atoms with Crippen LogP contribution in [0.25, 0.3) is 0 Å². The summed E-state index contributed by atoms with van der Waals surface area (Å²) in [4.78, 5) is 10.8. The highest BCUT2D eigenvalue weighted by molar-refractivity contribution is 5.44. The Morgan fingerprint density at radius 2 is 2.14 bits per heavy atom. The Bertz CT molecular complexity index is 588. The van der Waals surface area contributed by atoms with Crippen molar-refractivity contribution in [3.05, 3.63) is 42.1 Å². The molecule has 0 saturated heterocycles. The molecule has 0 aliphatic heterocycles. The predicted octanol–water partition coefficient (Wildman–Crippen LogP) is 3.05. The van der Waals surface area contributed by atoms with Crippen molar-refractivity contribution in [3.63, 3.8) is 0 Å².